The van der Waals surface area contributed by atoms with Gasteiger partial charge in [0.2, 0.25) is 5.91 Å². The second kappa shape index (κ2) is 9.89. The number of amides is 1. The largest absolute Gasteiger partial charge is 0.485 e. The molecule has 0 aliphatic rings. The molecule has 3 N–H and O–H groups in total. The van der Waals surface area contributed by atoms with Gasteiger partial charge in [-0.05, 0) is 48.5 Å². The van der Waals surface area contributed by atoms with E-state index in [9.17, 15) is 9.18 Å². The standard InChI is InChI=1S/C22H16Cl2FN3O3.CH4/c23-14-3-1-13(16(24)8-14)10-30-20-7-12(22(26)29)2-6-19(20)31-11-21-27-17-5-4-15(25)9-18(17)28-21;/h1-9H,10-11H2,(H2,26,29)(H,27,28);1H4. The number of ether oxygens (including phenoxy) is 2. The van der Waals surface area contributed by atoms with Crippen molar-refractivity contribution in [1.82, 2.24) is 9.97 Å². The Hall–Kier alpha value is -3.29. The minimum absolute atomic E-state index is 0. The second-order valence-electron chi connectivity index (χ2n) is 6.68. The van der Waals surface area contributed by atoms with E-state index in [0.29, 0.717) is 44.0 Å². The molecule has 0 atom stereocenters. The van der Waals surface area contributed by atoms with Crippen molar-refractivity contribution in [3.8, 4) is 11.5 Å². The minimum Gasteiger partial charge on any atom is -0.485 e. The minimum atomic E-state index is -0.597. The van der Waals surface area contributed by atoms with Crippen molar-refractivity contribution in [2.24, 2.45) is 5.73 Å². The van der Waals surface area contributed by atoms with Gasteiger partial charge in [0, 0.05) is 21.2 Å². The van der Waals surface area contributed by atoms with Gasteiger partial charge in [0.15, 0.2) is 11.5 Å². The van der Waals surface area contributed by atoms with Crippen LogP contribution in [0.5, 0.6) is 11.5 Å². The first-order valence-electron chi connectivity index (χ1n) is 9.16. The molecule has 0 saturated heterocycles. The molecule has 6 nitrogen and oxygen atoms in total. The highest BCUT2D eigenvalue weighted by atomic mass is 35.5. The molecule has 0 unspecified atom stereocenters. The number of carbonyl (C=O) groups is 1. The van der Waals surface area contributed by atoms with Crippen molar-refractivity contribution in [3.05, 3.63) is 87.4 Å². The molecule has 0 aliphatic carbocycles. The molecule has 1 amide bonds. The topological polar surface area (TPSA) is 90.2 Å². The maximum Gasteiger partial charge on any atom is 0.248 e. The van der Waals surface area contributed by atoms with Crippen LogP contribution in [0.2, 0.25) is 10.0 Å². The zero-order valence-corrected chi connectivity index (χ0v) is 17.5. The van der Waals surface area contributed by atoms with Crippen LogP contribution in [-0.2, 0) is 13.2 Å². The molecule has 4 aromatic rings. The summed E-state index contributed by atoms with van der Waals surface area (Å²) in [5, 5.41) is 0.967. The number of primary amides is 1. The summed E-state index contributed by atoms with van der Waals surface area (Å²) in [6, 6.07) is 14.0. The predicted octanol–water partition coefficient (Wildman–Crippen LogP) is 5.90. The Morgan fingerprint density at radius 2 is 1.78 bits per heavy atom. The lowest BCUT2D eigenvalue weighted by molar-refractivity contribution is 0.0999. The third-order valence-corrected chi connectivity index (χ3v) is 5.07. The number of halogens is 3. The highest BCUT2D eigenvalue weighted by molar-refractivity contribution is 6.35. The summed E-state index contributed by atoms with van der Waals surface area (Å²) in [5.41, 5.74) is 7.55. The average molecular weight is 476 g/mol. The van der Waals surface area contributed by atoms with Crippen LogP contribution in [0.4, 0.5) is 4.39 Å². The number of benzene rings is 3. The van der Waals surface area contributed by atoms with E-state index in [0.717, 1.165) is 0 Å². The fourth-order valence-electron chi connectivity index (χ4n) is 2.94. The highest BCUT2D eigenvalue weighted by Crippen LogP contribution is 2.31. The van der Waals surface area contributed by atoms with Gasteiger partial charge >= 0.3 is 0 Å². The van der Waals surface area contributed by atoms with Crippen LogP contribution in [0.25, 0.3) is 11.0 Å². The third-order valence-electron chi connectivity index (χ3n) is 4.48. The average Bonchev–Trinajstić information content (AvgIpc) is 3.13. The number of fused-ring (bicyclic) bond motifs is 1. The lowest BCUT2D eigenvalue weighted by Crippen LogP contribution is -2.11. The Morgan fingerprint density at radius 1 is 1.00 bits per heavy atom. The number of carbonyl (C=O) groups excluding carboxylic acids is 1. The highest BCUT2D eigenvalue weighted by Gasteiger charge is 2.13. The van der Waals surface area contributed by atoms with Gasteiger partial charge in [0.1, 0.15) is 24.9 Å². The summed E-state index contributed by atoms with van der Waals surface area (Å²) < 4.78 is 25.1. The van der Waals surface area contributed by atoms with Crippen LogP contribution in [0, 0.1) is 5.82 Å². The lowest BCUT2D eigenvalue weighted by Gasteiger charge is -2.14. The molecule has 0 bridgehead atoms. The molecule has 0 aliphatic heterocycles. The smallest absolute Gasteiger partial charge is 0.248 e. The Labute approximate surface area is 194 Å². The molecule has 9 heteroatoms. The zero-order chi connectivity index (χ0) is 22.0. The first kappa shape index (κ1) is 23.4. The molecular formula is C23H20Cl2FN3O3. The van der Waals surface area contributed by atoms with Gasteiger partial charge in [-0.1, -0.05) is 36.7 Å². The molecule has 0 fully saturated rings. The van der Waals surface area contributed by atoms with Gasteiger partial charge in [0.25, 0.3) is 0 Å². The van der Waals surface area contributed by atoms with E-state index < -0.39 is 5.91 Å². The van der Waals surface area contributed by atoms with Crippen molar-refractivity contribution < 1.29 is 18.7 Å². The van der Waals surface area contributed by atoms with Crippen LogP contribution in [-0.4, -0.2) is 15.9 Å². The number of imidazole rings is 1. The SMILES string of the molecule is C.NC(=O)c1ccc(OCc2nc3ccc(F)cc3[nH]2)c(OCc2ccc(Cl)cc2Cl)c1. The van der Waals surface area contributed by atoms with Crippen LogP contribution in [0.1, 0.15) is 29.2 Å². The monoisotopic (exact) mass is 475 g/mol. The van der Waals surface area contributed by atoms with E-state index in [4.69, 9.17) is 38.4 Å². The summed E-state index contributed by atoms with van der Waals surface area (Å²) in [7, 11) is 0. The Balaban J connectivity index is 0.00000289. The number of hydrogen-bond donors (Lipinski definition) is 2. The second-order valence-corrected chi connectivity index (χ2v) is 7.53. The Kier molecular flexibility index (Phi) is 7.22. The van der Waals surface area contributed by atoms with E-state index in [2.05, 4.69) is 9.97 Å². The summed E-state index contributed by atoms with van der Waals surface area (Å²) in [6.07, 6.45) is 0. The Morgan fingerprint density at radius 3 is 2.53 bits per heavy atom. The van der Waals surface area contributed by atoms with Crippen molar-refractivity contribution in [2.45, 2.75) is 20.6 Å². The number of nitrogens with zero attached hydrogens (tertiary/aromatic N) is 1. The van der Waals surface area contributed by atoms with Crippen molar-refractivity contribution >= 4 is 40.1 Å². The van der Waals surface area contributed by atoms with Gasteiger partial charge < -0.3 is 20.2 Å². The fourth-order valence-corrected chi connectivity index (χ4v) is 3.40. The molecule has 0 saturated carbocycles. The summed E-state index contributed by atoms with van der Waals surface area (Å²) in [5.74, 6) is 0.236. The number of nitrogens with one attached hydrogen (secondary N) is 1. The first-order chi connectivity index (χ1) is 14.9. The molecule has 32 heavy (non-hydrogen) atoms. The van der Waals surface area contributed by atoms with E-state index in [1.165, 1.54) is 24.3 Å². The lowest BCUT2D eigenvalue weighted by atomic mass is 10.2. The van der Waals surface area contributed by atoms with Crippen molar-refractivity contribution in [1.29, 1.82) is 0 Å². The fraction of sp³-hybridized carbons (Fsp3) is 0.130. The van der Waals surface area contributed by atoms with E-state index in [1.807, 2.05) is 0 Å². The summed E-state index contributed by atoms with van der Waals surface area (Å²) in [6.45, 7) is 0.197. The number of nitrogens with two attached hydrogens (primary N) is 1. The van der Waals surface area contributed by atoms with Gasteiger partial charge in [0.05, 0.1) is 11.0 Å². The third kappa shape index (κ3) is 5.30. The molecule has 0 spiro atoms. The molecule has 0 radical (unpaired) electrons. The number of aromatic amines is 1. The molecule has 1 aromatic heterocycles. The number of aromatic nitrogens is 2. The van der Waals surface area contributed by atoms with Crippen LogP contribution >= 0.6 is 23.2 Å². The maximum atomic E-state index is 13.4. The van der Waals surface area contributed by atoms with E-state index in [-0.39, 0.29) is 32.0 Å². The molecule has 166 valence electrons. The van der Waals surface area contributed by atoms with Gasteiger partial charge in [-0.3, -0.25) is 4.79 Å². The summed E-state index contributed by atoms with van der Waals surface area (Å²) >= 11 is 12.1. The predicted molar refractivity (Wildman–Crippen MR) is 123 cm³/mol. The summed E-state index contributed by atoms with van der Waals surface area (Å²) in [4.78, 5) is 19.0. The van der Waals surface area contributed by atoms with E-state index >= 15 is 0 Å². The van der Waals surface area contributed by atoms with Crippen LogP contribution in [0.15, 0.2) is 54.6 Å². The van der Waals surface area contributed by atoms with Crippen LogP contribution < -0.4 is 15.2 Å². The number of H-pyrrole nitrogens is 1. The van der Waals surface area contributed by atoms with Gasteiger partial charge in [-0.15, -0.1) is 0 Å². The number of rotatable bonds is 7. The normalized spacial score (nSPS) is 10.6. The molecule has 4 rings (SSSR count). The molecule has 3 aromatic carbocycles. The quantitative estimate of drug-likeness (QED) is 0.348. The first-order valence-corrected chi connectivity index (χ1v) is 9.92. The van der Waals surface area contributed by atoms with Crippen LogP contribution in [0.3, 0.4) is 0 Å². The maximum absolute atomic E-state index is 13.4. The van der Waals surface area contributed by atoms with Gasteiger partial charge in [-0.2, -0.15) is 0 Å². The Bertz CT molecular complexity index is 1280. The van der Waals surface area contributed by atoms with Gasteiger partial charge in [-0.25, -0.2) is 9.37 Å². The van der Waals surface area contributed by atoms with Crippen molar-refractivity contribution in [3.63, 3.8) is 0 Å². The number of hydrogen-bond acceptors (Lipinski definition) is 4. The molecular weight excluding hydrogens is 456 g/mol. The zero-order valence-electron chi connectivity index (χ0n) is 16.0. The van der Waals surface area contributed by atoms with Crippen molar-refractivity contribution in [2.75, 3.05) is 0 Å². The molecule has 1 heterocycles. The van der Waals surface area contributed by atoms with E-state index in [1.54, 1.807) is 30.3 Å².